The van der Waals surface area contributed by atoms with Crippen molar-refractivity contribution in [2.24, 2.45) is 5.92 Å². The topological polar surface area (TPSA) is 61.3 Å². The van der Waals surface area contributed by atoms with Gasteiger partial charge in [-0.05, 0) is 38.4 Å². The quantitative estimate of drug-likeness (QED) is 0.860. The molecule has 1 aliphatic rings. The standard InChI is InChI=1S/C19H26N4O2/c1-15-12-18(24)23(19(25)20-15)11-10-21(2)13-16-8-9-22(14-16)17-6-4-3-5-7-17/h3-7,12,16H,8-11,13-14H2,1-2H3,(H,20,25). The fraction of sp³-hybridized carbons (Fsp3) is 0.474. The van der Waals surface area contributed by atoms with Crippen LogP contribution in [0.1, 0.15) is 12.1 Å². The van der Waals surface area contributed by atoms with Crippen LogP contribution in [0.15, 0.2) is 46.0 Å². The highest BCUT2D eigenvalue weighted by molar-refractivity contribution is 5.46. The van der Waals surface area contributed by atoms with Gasteiger partial charge in [0.25, 0.3) is 5.56 Å². The zero-order valence-electron chi connectivity index (χ0n) is 14.9. The molecule has 1 unspecified atom stereocenters. The SMILES string of the molecule is Cc1cc(=O)n(CCN(C)CC2CCN(c3ccccc3)C2)c(=O)[nH]1. The molecule has 0 bridgehead atoms. The number of anilines is 1. The number of hydrogen-bond acceptors (Lipinski definition) is 4. The van der Waals surface area contributed by atoms with Crippen LogP contribution >= 0.6 is 0 Å². The van der Waals surface area contributed by atoms with Gasteiger partial charge in [0.2, 0.25) is 0 Å². The molecule has 25 heavy (non-hydrogen) atoms. The number of likely N-dealkylation sites (N-methyl/N-ethyl adjacent to an activating group) is 1. The van der Waals surface area contributed by atoms with Gasteiger partial charge in [0.15, 0.2) is 0 Å². The third-order valence-corrected chi connectivity index (χ3v) is 4.84. The molecule has 0 spiro atoms. The van der Waals surface area contributed by atoms with Gasteiger partial charge in [-0.1, -0.05) is 18.2 Å². The summed E-state index contributed by atoms with van der Waals surface area (Å²) in [7, 11) is 2.05. The van der Waals surface area contributed by atoms with Gasteiger partial charge < -0.3 is 14.8 Å². The molecule has 0 amide bonds. The Hall–Kier alpha value is -2.34. The fourth-order valence-electron chi connectivity index (χ4n) is 3.50. The van der Waals surface area contributed by atoms with Gasteiger partial charge in [-0.15, -0.1) is 0 Å². The van der Waals surface area contributed by atoms with Gasteiger partial charge in [0, 0.05) is 50.2 Å². The number of H-pyrrole nitrogens is 1. The summed E-state index contributed by atoms with van der Waals surface area (Å²) in [6.45, 7) is 5.94. The molecule has 1 fully saturated rings. The van der Waals surface area contributed by atoms with E-state index in [9.17, 15) is 9.59 Å². The summed E-state index contributed by atoms with van der Waals surface area (Å²) in [5, 5.41) is 0. The third-order valence-electron chi connectivity index (χ3n) is 4.84. The van der Waals surface area contributed by atoms with Crippen molar-refractivity contribution in [2.45, 2.75) is 19.9 Å². The molecule has 2 heterocycles. The predicted molar refractivity (Wildman–Crippen MR) is 100 cm³/mol. The molecule has 1 aromatic heterocycles. The summed E-state index contributed by atoms with van der Waals surface area (Å²) < 4.78 is 1.27. The Morgan fingerprint density at radius 3 is 2.72 bits per heavy atom. The van der Waals surface area contributed by atoms with Gasteiger partial charge in [-0.2, -0.15) is 0 Å². The Morgan fingerprint density at radius 1 is 1.24 bits per heavy atom. The monoisotopic (exact) mass is 342 g/mol. The van der Waals surface area contributed by atoms with E-state index in [1.165, 1.54) is 22.7 Å². The van der Waals surface area contributed by atoms with Gasteiger partial charge in [0.1, 0.15) is 0 Å². The highest BCUT2D eigenvalue weighted by Crippen LogP contribution is 2.23. The minimum atomic E-state index is -0.325. The molecule has 0 radical (unpaired) electrons. The maximum absolute atomic E-state index is 11.9. The van der Waals surface area contributed by atoms with Crippen molar-refractivity contribution in [1.82, 2.24) is 14.5 Å². The summed E-state index contributed by atoms with van der Waals surface area (Å²) in [5.74, 6) is 0.609. The molecule has 1 aromatic carbocycles. The van der Waals surface area contributed by atoms with Crippen LogP contribution in [0.2, 0.25) is 0 Å². The summed E-state index contributed by atoms with van der Waals surface area (Å²) in [6, 6.07) is 12.0. The Balaban J connectivity index is 1.51. The summed E-state index contributed by atoms with van der Waals surface area (Å²) >= 11 is 0. The van der Waals surface area contributed by atoms with E-state index in [4.69, 9.17) is 0 Å². The van der Waals surface area contributed by atoms with E-state index >= 15 is 0 Å². The van der Waals surface area contributed by atoms with Crippen molar-refractivity contribution in [2.75, 3.05) is 38.1 Å². The number of hydrogen-bond donors (Lipinski definition) is 1. The second-order valence-electron chi connectivity index (χ2n) is 6.95. The van der Waals surface area contributed by atoms with E-state index in [-0.39, 0.29) is 11.2 Å². The van der Waals surface area contributed by atoms with Crippen LogP contribution in [-0.2, 0) is 6.54 Å². The smallest absolute Gasteiger partial charge is 0.328 e. The molecule has 0 aliphatic carbocycles. The Kier molecular flexibility index (Phi) is 5.38. The number of aromatic nitrogens is 2. The van der Waals surface area contributed by atoms with Crippen molar-refractivity contribution < 1.29 is 0 Å². The summed E-state index contributed by atoms with van der Waals surface area (Å²) in [6.07, 6.45) is 1.17. The molecule has 1 saturated heterocycles. The van der Waals surface area contributed by atoms with Gasteiger partial charge in [-0.25, -0.2) is 4.79 Å². The first-order chi connectivity index (χ1) is 12.0. The largest absolute Gasteiger partial charge is 0.371 e. The molecule has 1 aliphatic heterocycles. The molecule has 1 atom stereocenters. The normalized spacial score (nSPS) is 17.4. The lowest BCUT2D eigenvalue weighted by Gasteiger charge is -2.22. The Bertz CT molecular complexity index is 781. The molecule has 0 saturated carbocycles. The van der Waals surface area contributed by atoms with E-state index in [2.05, 4.69) is 46.1 Å². The van der Waals surface area contributed by atoms with Crippen LogP contribution in [0.5, 0.6) is 0 Å². The van der Waals surface area contributed by atoms with Crippen molar-refractivity contribution >= 4 is 5.69 Å². The minimum absolute atomic E-state index is 0.231. The number of nitrogens with zero attached hydrogens (tertiary/aromatic N) is 3. The second kappa shape index (κ2) is 7.70. The summed E-state index contributed by atoms with van der Waals surface area (Å²) in [4.78, 5) is 31.2. The van der Waals surface area contributed by atoms with E-state index < -0.39 is 0 Å². The first-order valence-corrected chi connectivity index (χ1v) is 8.82. The van der Waals surface area contributed by atoms with Crippen LogP contribution in [0, 0.1) is 12.8 Å². The van der Waals surface area contributed by atoms with E-state index in [0.717, 1.165) is 19.6 Å². The average Bonchev–Trinajstić information content (AvgIpc) is 3.03. The molecular weight excluding hydrogens is 316 g/mol. The van der Waals surface area contributed by atoms with Crippen molar-refractivity contribution in [1.29, 1.82) is 0 Å². The first-order valence-electron chi connectivity index (χ1n) is 8.82. The third kappa shape index (κ3) is 4.39. The first kappa shape index (κ1) is 17.5. The van der Waals surface area contributed by atoms with Crippen molar-refractivity contribution in [3.05, 3.63) is 62.9 Å². The van der Waals surface area contributed by atoms with Gasteiger partial charge in [-0.3, -0.25) is 9.36 Å². The van der Waals surface area contributed by atoms with E-state index in [0.29, 0.717) is 24.7 Å². The van der Waals surface area contributed by atoms with Crippen molar-refractivity contribution in [3.63, 3.8) is 0 Å². The molecule has 6 nitrogen and oxygen atoms in total. The Morgan fingerprint density at radius 2 is 2.00 bits per heavy atom. The fourth-order valence-corrected chi connectivity index (χ4v) is 3.50. The zero-order chi connectivity index (χ0) is 17.8. The van der Waals surface area contributed by atoms with Crippen LogP contribution < -0.4 is 16.1 Å². The molecule has 3 rings (SSSR count). The van der Waals surface area contributed by atoms with Crippen LogP contribution in [0.4, 0.5) is 5.69 Å². The Labute approximate surface area is 147 Å². The maximum Gasteiger partial charge on any atom is 0.328 e. The number of aromatic amines is 1. The van der Waals surface area contributed by atoms with Gasteiger partial charge >= 0.3 is 5.69 Å². The highest BCUT2D eigenvalue weighted by atomic mass is 16.2. The number of benzene rings is 1. The van der Waals surface area contributed by atoms with Crippen LogP contribution in [0.3, 0.4) is 0 Å². The lowest BCUT2D eigenvalue weighted by atomic mass is 10.1. The second-order valence-corrected chi connectivity index (χ2v) is 6.95. The van der Waals surface area contributed by atoms with Crippen LogP contribution in [0.25, 0.3) is 0 Å². The number of aryl methyl sites for hydroxylation is 1. The summed E-state index contributed by atoms with van der Waals surface area (Å²) in [5.41, 5.74) is 1.33. The van der Waals surface area contributed by atoms with Crippen molar-refractivity contribution in [3.8, 4) is 0 Å². The molecule has 1 N–H and O–H groups in total. The lowest BCUT2D eigenvalue weighted by Crippen LogP contribution is -2.39. The highest BCUT2D eigenvalue weighted by Gasteiger charge is 2.23. The number of rotatable bonds is 6. The number of nitrogens with one attached hydrogen (secondary N) is 1. The lowest BCUT2D eigenvalue weighted by molar-refractivity contribution is 0.273. The van der Waals surface area contributed by atoms with E-state index in [1.54, 1.807) is 6.92 Å². The molecule has 6 heteroatoms. The number of para-hydroxylation sites is 1. The zero-order valence-corrected chi connectivity index (χ0v) is 14.9. The average molecular weight is 342 g/mol. The molecular formula is C19H26N4O2. The maximum atomic E-state index is 11.9. The molecule has 134 valence electrons. The van der Waals surface area contributed by atoms with Gasteiger partial charge in [0.05, 0.1) is 0 Å². The molecule has 2 aromatic rings. The van der Waals surface area contributed by atoms with Crippen LogP contribution in [-0.4, -0.2) is 47.7 Å². The van der Waals surface area contributed by atoms with E-state index in [1.807, 2.05) is 6.07 Å². The predicted octanol–water partition coefficient (Wildman–Crippen LogP) is 1.30. The minimum Gasteiger partial charge on any atom is -0.371 e.